The van der Waals surface area contributed by atoms with Gasteiger partial charge in [-0.2, -0.15) is 0 Å². The summed E-state index contributed by atoms with van der Waals surface area (Å²) in [6.07, 6.45) is 1.01. The molecule has 1 aromatic carbocycles. The second kappa shape index (κ2) is 10.3. The van der Waals surface area contributed by atoms with E-state index >= 15 is 0 Å². The van der Waals surface area contributed by atoms with Crippen LogP contribution in [0.4, 0.5) is 10.5 Å². The number of non-ortho nitro benzene ring substituents is 1. The van der Waals surface area contributed by atoms with Crippen molar-refractivity contribution in [2.75, 3.05) is 7.11 Å². The van der Waals surface area contributed by atoms with Gasteiger partial charge in [-0.1, -0.05) is 6.08 Å². The minimum absolute atomic E-state index is 0.0774. The first-order chi connectivity index (χ1) is 15.4. The maximum Gasteiger partial charge on any atom is 0.509 e. The van der Waals surface area contributed by atoms with Crippen LogP contribution in [0.3, 0.4) is 0 Å². The molecular formula is C23H28N2O8. The number of nitro benzene ring substituents is 1. The molecule has 1 aromatic rings. The molecule has 2 atom stereocenters. The number of amides is 1. The largest absolute Gasteiger partial charge is 0.509 e. The number of hydrogen-bond acceptors (Lipinski definition) is 8. The lowest BCUT2D eigenvalue weighted by atomic mass is 9.74. The maximum absolute atomic E-state index is 13.1. The molecule has 10 heteroatoms. The van der Waals surface area contributed by atoms with E-state index in [0.717, 1.165) is 0 Å². The zero-order valence-electron chi connectivity index (χ0n) is 19.3. The highest BCUT2D eigenvalue weighted by Gasteiger charge is 2.58. The van der Waals surface area contributed by atoms with Gasteiger partial charge in [0, 0.05) is 12.1 Å². The van der Waals surface area contributed by atoms with Crippen LogP contribution in [0.15, 0.2) is 48.2 Å². The number of benzene rings is 1. The normalized spacial score (nSPS) is 17.5. The number of carbonyl (C=O) groups excluding carboxylic acids is 3. The first-order valence-corrected chi connectivity index (χ1v) is 10.2. The van der Waals surface area contributed by atoms with Crippen molar-refractivity contribution in [2.45, 2.75) is 52.4 Å². The zero-order valence-corrected chi connectivity index (χ0v) is 19.3. The van der Waals surface area contributed by atoms with E-state index in [-0.39, 0.29) is 23.9 Å². The van der Waals surface area contributed by atoms with E-state index in [1.807, 2.05) is 0 Å². The fourth-order valence-corrected chi connectivity index (χ4v) is 3.80. The minimum atomic E-state index is -1.24. The van der Waals surface area contributed by atoms with Gasteiger partial charge in [0.25, 0.3) is 5.69 Å². The number of carbonyl (C=O) groups is 3. The van der Waals surface area contributed by atoms with Crippen LogP contribution in [0, 0.1) is 16.0 Å². The van der Waals surface area contributed by atoms with Crippen molar-refractivity contribution < 1.29 is 33.5 Å². The summed E-state index contributed by atoms with van der Waals surface area (Å²) >= 11 is 0. The highest BCUT2D eigenvalue weighted by Crippen LogP contribution is 2.42. The van der Waals surface area contributed by atoms with Gasteiger partial charge in [-0.15, -0.1) is 6.58 Å². The third-order valence-electron chi connectivity index (χ3n) is 5.32. The minimum Gasteiger partial charge on any atom is -0.464 e. The lowest BCUT2D eigenvalue weighted by Gasteiger charge is -2.52. The number of β-lactam (4-membered cyclic amide) rings is 1. The Kier molecular flexibility index (Phi) is 7.97. The van der Waals surface area contributed by atoms with E-state index in [4.69, 9.17) is 14.2 Å². The number of nitro groups is 1. The summed E-state index contributed by atoms with van der Waals surface area (Å²) in [4.78, 5) is 49.2. The maximum atomic E-state index is 13.1. The highest BCUT2D eigenvalue weighted by molar-refractivity contribution is 5.99. The van der Waals surface area contributed by atoms with Crippen molar-refractivity contribution in [3.63, 3.8) is 0 Å². The summed E-state index contributed by atoms with van der Waals surface area (Å²) in [6, 6.07) is 5.08. The predicted octanol–water partition coefficient (Wildman–Crippen LogP) is 3.90. The first kappa shape index (κ1) is 25.6. The standard InChI is InChI=1S/C23H28N2O8/c1-7-8-17-18(20(26)24(17)19(14(2)3)21(27)31-6)23(4,5)33-22(28)32-13-15-9-11-16(12-10-15)25(29)30/h7,9-12,17-18H,1,8,13H2,2-6H3/t17-,18-/m1/s1. The van der Waals surface area contributed by atoms with Crippen molar-refractivity contribution in [2.24, 2.45) is 5.92 Å². The molecule has 1 saturated heterocycles. The fourth-order valence-electron chi connectivity index (χ4n) is 3.80. The number of hydrogen-bond donors (Lipinski definition) is 0. The van der Waals surface area contributed by atoms with E-state index in [2.05, 4.69) is 6.58 Å². The first-order valence-electron chi connectivity index (χ1n) is 10.2. The summed E-state index contributed by atoms with van der Waals surface area (Å²) in [5, 5.41) is 10.7. The lowest BCUT2D eigenvalue weighted by molar-refractivity contribution is -0.384. The molecular weight excluding hydrogens is 432 g/mol. The van der Waals surface area contributed by atoms with E-state index in [0.29, 0.717) is 17.6 Å². The van der Waals surface area contributed by atoms with Crippen LogP contribution in [0.1, 0.15) is 39.7 Å². The van der Waals surface area contributed by atoms with Gasteiger partial charge in [-0.05, 0) is 57.4 Å². The van der Waals surface area contributed by atoms with Crippen molar-refractivity contribution in [1.29, 1.82) is 0 Å². The fraction of sp³-hybridized carbons (Fsp3) is 0.435. The van der Waals surface area contributed by atoms with E-state index < -0.39 is 34.6 Å². The SMILES string of the molecule is C=CC[C@@H]1[C@@H](C(C)(C)OC(=O)OCc2ccc([N+](=O)[O-])cc2)C(=O)N1C(C(=O)OC)=C(C)C. The molecule has 0 bridgehead atoms. The molecule has 0 spiro atoms. The molecule has 0 unspecified atom stereocenters. The van der Waals surface area contributed by atoms with Gasteiger partial charge >= 0.3 is 12.1 Å². The predicted molar refractivity (Wildman–Crippen MR) is 118 cm³/mol. The average molecular weight is 460 g/mol. The second-order valence-electron chi connectivity index (χ2n) is 8.29. The molecule has 178 valence electrons. The number of rotatable bonds is 9. The van der Waals surface area contributed by atoms with Crippen LogP contribution in [0.2, 0.25) is 0 Å². The molecule has 1 aliphatic heterocycles. The third kappa shape index (κ3) is 5.57. The summed E-state index contributed by atoms with van der Waals surface area (Å²) < 4.78 is 15.4. The van der Waals surface area contributed by atoms with Crippen LogP contribution in [0.5, 0.6) is 0 Å². The number of likely N-dealkylation sites (tertiary alicyclic amines) is 1. The van der Waals surface area contributed by atoms with Gasteiger partial charge in [-0.25, -0.2) is 9.59 Å². The third-order valence-corrected chi connectivity index (χ3v) is 5.32. The number of methoxy groups -OCH3 is 1. The molecule has 2 rings (SSSR count). The number of esters is 1. The number of allylic oxidation sites excluding steroid dienone is 1. The Balaban J connectivity index is 2.11. The quantitative estimate of drug-likeness (QED) is 0.136. The van der Waals surface area contributed by atoms with Gasteiger partial charge in [0.15, 0.2) is 0 Å². The van der Waals surface area contributed by atoms with Gasteiger partial charge < -0.3 is 19.1 Å². The number of ether oxygens (including phenoxy) is 3. The summed E-state index contributed by atoms with van der Waals surface area (Å²) in [5.41, 5.74) is -0.00827. The molecule has 0 aliphatic carbocycles. The van der Waals surface area contributed by atoms with E-state index in [1.54, 1.807) is 33.8 Å². The molecule has 0 N–H and O–H groups in total. The molecule has 1 heterocycles. The topological polar surface area (TPSA) is 125 Å². The molecule has 0 aromatic heterocycles. The Hall–Kier alpha value is -3.69. The molecule has 1 aliphatic rings. The Morgan fingerprint density at radius 1 is 1.24 bits per heavy atom. The molecule has 10 nitrogen and oxygen atoms in total. The van der Waals surface area contributed by atoms with Crippen LogP contribution >= 0.6 is 0 Å². The van der Waals surface area contributed by atoms with Crippen LogP contribution < -0.4 is 0 Å². The Morgan fingerprint density at radius 3 is 2.33 bits per heavy atom. The zero-order chi connectivity index (χ0) is 24.9. The van der Waals surface area contributed by atoms with Crippen LogP contribution in [0.25, 0.3) is 0 Å². The summed E-state index contributed by atoms with van der Waals surface area (Å²) in [6.45, 7) is 10.2. The molecule has 0 radical (unpaired) electrons. The van der Waals surface area contributed by atoms with Gasteiger partial charge in [-0.3, -0.25) is 14.9 Å². The molecule has 1 amide bonds. The van der Waals surface area contributed by atoms with Crippen LogP contribution in [-0.4, -0.2) is 46.6 Å². The Morgan fingerprint density at radius 2 is 1.85 bits per heavy atom. The van der Waals surface area contributed by atoms with Gasteiger partial charge in [0.2, 0.25) is 5.91 Å². The molecule has 33 heavy (non-hydrogen) atoms. The molecule has 0 saturated carbocycles. The average Bonchev–Trinajstić information content (AvgIpc) is 2.74. The Labute approximate surface area is 191 Å². The van der Waals surface area contributed by atoms with E-state index in [9.17, 15) is 24.5 Å². The van der Waals surface area contributed by atoms with Crippen LogP contribution in [-0.2, 0) is 30.4 Å². The monoisotopic (exact) mass is 460 g/mol. The highest BCUT2D eigenvalue weighted by atomic mass is 16.7. The number of nitrogens with zero attached hydrogens (tertiary/aromatic N) is 2. The second-order valence-corrected chi connectivity index (χ2v) is 8.29. The molecule has 1 fully saturated rings. The lowest BCUT2D eigenvalue weighted by Crippen LogP contribution is -2.68. The van der Waals surface area contributed by atoms with Gasteiger partial charge in [0.1, 0.15) is 17.9 Å². The summed E-state index contributed by atoms with van der Waals surface area (Å²) in [7, 11) is 1.24. The summed E-state index contributed by atoms with van der Waals surface area (Å²) in [5.74, 6) is -1.74. The van der Waals surface area contributed by atoms with Crippen molar-refractivity contribution in [3.8, 4) is 0 Å². The van der Waals surface area contributed by atoms with Crippen molar-refractivity contribution >= 4 is 23.7 Å². The van der Waals surface area contributed by atoms with Gasteiger partial charge in [0.05, 0.1) is 24.0 Å². The Bertz CT molecular complexity index is 977. The van der Waals surface area contributed by atoms with Crippen molar-refractivity contribution in [1.82, 2.24) is 4.90 Å². The van der Waals surface area contributed by atoms with E-state index in [1.165, 1.54) is 36.3 Å². The smallest absolute Gasteiger partial charge is 0.464 e. The van der Waals surface area contributed by atoms with Crippen molar-refractivity contribution in [3.05, 3.63) is 63.9 Å².